The normalized spacial score (nSPS) is 18.8. The van der Waals surface area contributed by atoms with Crippen LogP contribution in [0, 0.1) is 0 Å². The van der Waals surface area contributed by atoms with Crippen LogP contribution < -0.4 is 5.48 Å². The number of benzene rings is 1. The molecule has 1 aliphatic rings. The SMILES string of the molecule is O=C1NOCC1N(Cc1ccccc1)C(=O)O. The van der Waals surface area contributed by atoms with E-state index in [1.54, 1.807) is 0 Å². The van der Waals surface area contributed by atoms with Crippen LogP contribution in [0.1, 0.15) is 5.56 Å². The Bertz CT molecular complexity index is 421. The predicted molar refractivity (Wildman–Crippen MR) is 57.9 cm³/mol. The summed E-state index contributed by atoms with van der Waals surface area (Å²) >= 11 is 0. The summed E-state index contributed by atoms with van der Waals surface area (Å²) in [5, 5.41) is 9.10. The monoisotopic (exact) mass is 236 g/mol. The van der Waals surface area contributed by atoms with Gasteiger partial charge in [0.05, 0.1) is 0 Å². The molecule has 1 atom stereocenters. The molecule has 90 valence electrons. The summed E-state index contributed by atoms with van der Waals surface area (Å²) in [6.45, 7) is 0.204. The number of nitrogens with zero attached hydrogens (tertiary/aromatic N) is 1. The van der Waals surface area contributed by atoms with Crippen LogP contribution in [-0.2, 0) is 16.2 Å². The molecule has 17 heavy (non-hydrogen) atoms. The third-order valence-electron chi connectivity index (χ3n) is 2.53. The number of carbonyl (C=O) groups excluding carboxylic acids is 1. The van der Waals surface area contributed by atoms with Crippen LogP contribution in [0.2, 0.25) is 0 Å². The molecule has 0 aromatic heterocycles. The molecule has 1 heterocycles. The average molecular weight is 236 g/mol. The van der Waals surface area contributed by atoms with E-state index < -0.39 is 18.0 Å². The zero-order chi connectivity index (χ0) is 12.3. The van der Waals surface area contributed by atoms with Crippen LogP contribution in [0.3, 0.4) is 0 Å². The molecule has 6 heteroatoms. The second kappa shape index (κ2) is 4.84. The van der Waals surface area contributed by atoms with Gasteiger partial charge in [0, 0.05) is 6.54 Å². The maximum Gasteiger partial charge on any atom is 0.408 e. The summed E-state index contributed by atoms with van der Waals surface area (Å²) < 4.78 is 0. The minimum absolute atomic E-state index is 0.0396. The lowest BCUT2D eigenvalue weighted by atomic mass is 10.2. The van der Waals surface area contributed by atoms with E-state index in [4.69, 9.17) is 9.94 Å². The fourth-order valence-electron chi connectivity index (χ4n) is 1.66. The van der Waals surface area contributed by atoms with E-state index in [2.05, 4.69) is 5.48 Å². The Morgan fingerprint density at radius 2 is 2.18 bits per heavy atom. The van der Waals surface area contributed by atoms with Crippen molar-refractivity contribution in [2.24, 2.45) is 0 Å². The van der Waals surface area contributed by atoms with E-state index in [0.29, 0.717) is 0 Å². The van der Waals surface area contributed by atoms with Gasteiger partial charge in [-0.25, -0.2) is 10.3 Å². The van der Waals surface area contributed by atoms with Crippen LogP contribution in [-0.4, -0.2) is 34.7 Å². The van der Waals surface area contributed by atoms with Gasteiger partial charge >= 0.3 is 6.09 Å². The first-order chi connectivity index (χ1) is 8.18. The number of rotatable bonds is 3. The van der Waals surface area contributed by atoms with Crippen LogP contribution in [0.15, 0.2) is 30.3 Å². The van der Waals surface area contributed by atoms with Crippen LogP contribution in [0.5, 0.6) is 0 Å². The number of hydrogen-bond donors (Lipinski definition) is 2. The lowest BCUT2D eigenvalue weighted by Gasteiger charge is -2.22. The highest BCUT2D eigenvalue weighted by atomic mass is 16.7. The van der Waals surface area contributed by atoms with Gasteiger partial charge in [0.1, 0.15) is 12.6 Å². The molecular weight excluding hydrogens is 224 g/mol. The molecule has 6 nitrogen and oxygen atoms in total. The predicted octanol–water partition coefficient (Wildman–Crippen LogP) is 0.597. The minimum atomic E-state index is -1.14. The number of nitrogens with one attached hydrogen (secondary N) is 1. The first kappa shape index (κ1) is 11.4. The molecule has 1 aliphatic heterocycles. The molecule has 0 bridgehead atoms. The van der Waals surface area contributed by atoms with Crippen molar-refractivity contribution in [1.82, 2.24) is 10.4 Å². The summed E-state index contributed by atoms with van der Waals surface area (Å²) in [6, 6.07) is 8.32. The summed E-state index contributed by atoms with van der Waals surface area (Å²) in [7, 11) is 0. The Balaban J connectivity index is 2.13. The first-order valence-electron chi connectivity index (χ1n) is 5.13. The van der Waals surface area contributed by atoms with Gasteiger partial charge in [-0.3, -0.25) is 14.5 Å². The molecule has 0 aliphatic carbocycles. The van der Waals surface area contributed by atoms with Crippen molar-refractivity contribution < 1.29 is 19.5 Å². The van der Waals surface area contributed by atoms with Crippen molar-refractivity contribution in [1.29, 1.82) is 0 Å². The number of hydrogen-bond acceptors (Lipinski definition) is 3. The molecule has 0 spiro atoms. The lowest BCUT2D eigenvalue weighted by Crippen LogP contribution is -2.44. The van der Waals surface area contributed by atoms with Gasteiger partial charge in [0.2, 0.25) is 0 Å². The Hall–Kier alpha value is -2.08. The van der Waals surface area contributed by atoms with Gasteiger partial charge in [0.15, 0.2) is 0 Å². The van der Waals surface area contributed by atoms with Crippen LogP contribution in [0.25, 0.3) is 0 Å². The number of carboxylic acid groups (broad SMARTS) is 1. The van der Waals surface area contributed by atoms with E-state index in [9.17, 15) is 9.59 Å². The van der Waals surface area contributed by atoms with Crippen molar-refractivity contribution in [3.05, 3.63) is 35.9 Å². The zero-order valence-corrected chi connectivity index (χ0v) is 9.00. The Morgan fingerprint density at radius 3 is 2.71 bits per heavy atom. The highest BCUT2D eigenvalue weighted by molar-refractivity contribution is 5.85. The Morgan fingerprint density at radius 1 is 1.47 bits per heavy atom. The van der Waals surface area contributed by atoms with E-state index >= 15 is 0 Å². The molecule has 2 N–H and O–H groups in total. The maximum atomic E-state index is 11.4. The summed E-state index contributed by atoms with van der Waals surface area (Å²) in [4.78, 5) is 28.3. The van der Waals surface area contributed by atoms with E-state index in [1.807, 2.05) is 30.3 Å². The van der Waals surface area contributed by atoms with E-state index in [0.717, 1.165) is 10.5 Å². The zero-order valence-electron chi connectivity index (χ0n) is 9.00. The van der Waals surface area contributed by atoms with E-state index in [1.165, 1.54) is 0 Å². The first-order valence-corrected chi connectivity index (χ1v) is 5.13. The highest BCUT2D eigenvalue weighted by Gasteiger charge is 2.34. The smallest absolute Gasteiger partial charge is 0.408 e. The highest BCUT2D eigenvalue weighted by Crippen LogP contribution is 2.12. The fraction of sp³-hybridized carbons (Fsp3) is 0.273. The number of amides is 2. The Labute approximate surface area is 97.7 Å². The Kier molecular flexibility index (Phi) is 3.24. The molecule has 0 saturated carbocycles. The summed E-state index contributed by atoms with van der Waals surface area (Å²) in [6.07, 6.45) is -1.14. The lowest BCUT2D eigenvalue weighted by molar-refractivity contribution is -0.126. The van der Waals surface area contributed by atoms with Crippen molar-refractivity contribution in [2.45, 2.75) is 12.6 Å². The third kappa shape index (κ3) is 2.54. The molecular formula is C11H12N2O4. The van der Waals surface area contributed by atoms with E-state index in [-0.39, 0.29) is 13.2 Å². The van der Waals surface area contributed by atoms with Gasteiger partial charge in [-0.15, -0.1) is 0 Å². The topological polar surface area (TPSA) is 78.9 Å². The van der Waals surface area contributed by atoms with Crippen LogP contribution in [0.4, 0.5) is 4.79 Å². The number of hydroxylamine groups is 1. The molecule has 0 radical (unpaired) electrons. The summed E-state index contributed by atoms with van der Waals surface area (Å²) in [5.41, 5.74) is 2.98. The maximum absolute atomic E-state index is 11.4. The van der Waals surface area contributed by atoms with Gasteiger partial charge in [-0.05, 0) is 5.56 Å². The molecule has 1 unspecified atom stereocenters. The van der Waals surface area contributed by atoms with Crippen molar-refractivity contribution in [3.8, 4) is 0 Å². The van der Waals surface area contributed by atoms with Gasteiger partial charge in [0.25, 0.3) is 5.91 Å². The minimum Gasteiger partial charge on any atom is -0.465 e. The third-order valence-corrected chi connectivity index (χ3v) is 2.53. The molecule has 2 amide bonds. The number of carbonyl (C=O) groups is 2. The summed E-state index contributed by atoms with van der Waals surface area (Å²) in [5.74, 6) is -0.427. The largest absolute Gasteiger partial charge is 0.465 e. The molecule has 1 aromatic rings. The van der Waals surface area contributed by atoms with Crippen molar-refractivity contribution >= 4 is 12.0 Å². The van der Waals surface area contributed by atoms with Gasteiger partial charge in [-0.2, -0.15) is 0 Å². The molecule has 1 fully saturated rings. The van der Waals surface area contributed by atoms with Crippen molar-refractivity contribution in [2.75, 3.05) is 6.61 Å². The van der Waals surface area contributed by atoms with Crippen LogP contribution >= 0.6 is 0 Å². The second-order valence-corrected chi connectivity index (χ2v) is 3.69. The second-order valence-electron chi connectivity index (χ2n) is 3.69. The van der Waals surface area contributed by atoms with Gasteiger partial charge in [-0.1, -0.05) is 30.3 Å². The fourth-order valence-corrected chi connectivity index (χ4v) is 1.66. The average Bonchev–Trinajstić information content (AvgIpc) is 2.73. The van der Waals surface area contributed by atoms with Gasteiger partial charge < -0.3 is 5.11 Å². The standard InChI is InChI=1S/C11H12N2O4/c14-10-9(7-17-12-10)13(11(15)16)6-8-4-2-1-3-5-8/h1-5,9H,6-7H2,(H,12,14)(H,15,16). The quantitative estimate of drug-likeness (QED) is 0.805. The molecule has 1 aromatic carbocycles. The molecule has 1 saturated heterocycles. The van der Waals surface area contributed by atoms with Crippen molar-refractivity contribution in [3.63, 3.8) is 0 Å². The molecule has 2 rings (SSSR count).